The second kappa shape index (κ2) is 9.79. The van der Waals surface area contributed by atoms with Crippen LogP contribution in [0.5, 0.6) is 0 Å². The van der Waals surface area contributed by atoms with Crippen LogP contribution in [0.4, 0.5) is 0 Å². The fourth-order valence-electron chi connectivity index (χ4n) is 6.56. The second-order valence-electron chi connectivity index (χ2n) is 11.1. The van der Waals surface area contributed by atoms with Gasteiger partial charge in [0.15, 0.2) is 0 Å². The van der Waals surface area contributed by atoms with Gasteiger partial charge in [0, 0.05) is 23.0 Å². The molecule has 0 saturated heterocycles. The Morgan fingerprint density at radius 3 is 1.64 bits per heavy atom. The number of fused-ring (bicyclic) bond motifs is 6. The number of pyridine rings is 2. The average Bonchev–Trinajstić information content (AvgIpc) is 3.60. The molecule has 0 atom stereocenters. The topological polar surface area (TPSA) is 35.6 Å². The Labute approximate surface area is 254 Å². The van der Waals surface area contributed by atoms with E-state index in [1.807, 2.05) is 12.3 Å². The molecule has 5 aromatic carbocycles. The summed E-state index contributed by atoms with van der Waals surface area (Å²) in [4.78, 5) is 10.3. The smallest absolute Gasteiger partial charge is 0.116 e. The van der Waals surface area contributed by atoms with E-state index in [-0.39, 0.29) is 0 Å². The van der Waals surface area contributed by atoms with E-state index in [1.165, 1.54) is 11.1 Å². The van der Waals surface area contributed by atoms with Crippen LogP contribution < -0.4 is 0 Å². The second-order valence-corrected chi connectivity index (χ2v) is 11.1. The average molecular weight is 563 g/mol. The van der Waals surface area contributed by atoms with Gasteiger partial charge in [0.25, 0.3) is 0 Å². The third-order valence-electron chi connectivity index (χ3n) is 8.52. The Morgan fingerprint density at radius 1 is 0.364 bits per heavy atom. The van der Waals surface area contributed by atoms with E-state index in [2.05, 4.69) is 155 Å². The number of hydrogen-bond acceptors (Lipinski definition) is 2. The van der Waals surface area contributed by atoms with E-state index < -0.39 is 0 Å². The minimum Gasteiger partial charge on any atom is -0.308 e. The summed E-state index contributed by atoms with van der Waals surface area (Å²) >= 11 is 0. The number of benzene rings is 5. The maximum Gasteiger partial charge on any atom is 0.116 e. The fourth-order valence-corrected chi connectivity index (χ4v) is 6.56. The highest BCUT2D eigenvalue weighted by atomic mass is 15.0. The van der Waals surface area contributed by atoms with Crippen molar-refractivity contribution >= 4 is 44.0 Å². The molecular formula is C40H26N4. The van der Waals surface area contributed by atoms with Crippen molar-refractivity contribution in [2.45, 2.75) is 0 Å². The molecule has 0 aliphatic rings. The van der Waals surface area contributed by atoms with Gasteiger partial charge >= 0.3 is 0 Å². The van der Waals surface area contributed by atoms with Crippen LogP contribution in [0.3, 0.4) is 0 Å². The molecule has 4 aromatic heterocycles. The first-order valence-electron chi connectivity index (χ1n) is 14.8. The zero-order chi connectivity index (χ0) is 29.0. The van der Waals surface area contributed by atoms with Gasteiger partial charge in [-0.3, -0.25) is 4.98 Å². The van der Waals surface area contributed by atoms with Crippen LogP contribution >= 0.6 is 0 Å². The van der Waals surface area contributed by atoms with Crippen molar-refractivity contribution in [1.29, 1.82) is 0 Å². The van der Waals surface area contributed by atoms with E-state index in [1.54, 1.807) is 0 Å². The molecule has 9 rings (SSSR count). The van der Waals surface area contributed by atoms with Crippen molar-refractivity contribution in [3.63, 3.8) is 0 Å². The lowest BCUT2D eigenvalue weighted by Gasteiger charge is -2.14. The first-order valence-corrected chi connectivity index (χ1v) is 14.8. The number of para-hydroxylation sites is 2. The number of nitrogens with zero attached hydrogens (tertiary/aromatic N) is 4. The van der Waals surface area contributed by atoms with Crippen LogP contribution in [0.15, 0.2) is 158 Å². The van der Waals surface area contributed by atoms with Gasteiger partial charge in [0.2, 0.25) is 0 Å². The van der Waals surface area contributed by atoms with Gasteiger partial charge in [-0.15, -0.1) is 0 Å². The van der Waals surface area contributed by atoms with Gasteiger partial charge in [-0.1, -0.05) is 97.1 Å². The van der Waals surface area contributed by atoms with Crippen molar-refractivity contribution in [2.75, 3.05) is 0 Å². The lowest BCUT2D eigenvalue weighted by atomic mass is 9.98. The van der Waals surface area contributed by atoms with Gasteiger partial charge in [-0.2, -0.15) is 0 Å². The summed E-state index contributed by atoms with van der Waals surface area (Å²) in [7, 11) is 0. The van der Waals surface area contributed by atoms with E-state index >= 15 is 0 Å². The molecule has 0 aliphatic heterocycles. The molecule has 9 aromatic rings. The molecular weight excluding hydrogens is 536 g/mol. The van der Waals surface area contributed by atoms with Crippen LogP contribution in [-0.4, -0.2) is 19.1 Å². The van der Waals surface area contributed by atoms with Crippen molar-refractivity contribution in [3.05, 3.63) is 158 Å². The lowest BCUT2D eigenvalue weighted by molar-refractivity contribution is 1.16. The molecule has 44 heavy (non-hydrogen) atoms. The molecule has 0 radical (unpaired) electrons. The Hall–Kier alpha value is -6.00. The van der Waals surface area contributed by atoms with Gasteiger partial charge in [0.1, 0.15) is 11.0 Å². The standard InChI is InChI=1S/C40H26N4/c1-4-13-27(14-5-1)29-23-30(28-15-6-2-7-16-28)25-32(24-29)44-35-21-12-22-41-39(35)40-37(44)26-36-38(42-40)33-19-10-11-20-34(33)43(36)31-17-8-3-9-18-31/h1-26H. The summed E-state index contributed by atoms with van der Waals surface area (Å²) in [5.74, 6) is 0. The van der Waals surface area contributed by atoms with Crippen LogP contribution in [0.25, 0.3) is 77.6 Å². The maximum atomic E-state index is 5.38. The van der Waals surface area contributed by atoms with Gasteiger partial charge in [0.05, 0.1) is 27.6 Å². The van der Waals surface area contributed by atoms with Crippen LogP contribution in [0.1, 0.15) is 0 Å². The molecule has 0 bridgehead atoms. The third-order valence-corrected chi connectivity index (χ3v) is 8.52. The van der Waals surface area contributed by atoms with Gasteiger partial charge in [-0.25, -0.2) is 4.98 Å². The molecule has 4 heteroatoms. The quantitative estimate of drug-likeness (QED) is 0.214. The molecule has 4 nitrogen and oxygen atoms in total. The maximum absolute atomic E-state index is 5.38. The third kappa shape index (κ3) is 3.78. The fraction of sp³-hybridized carbons (Fsp3) is 0. The molecule has 206 valence electrons. The molecule has 0 saturated carbocycles. The highest BCUT2D eigenvalue weighted by Crippen LogP contribution is 2.38. The molecule has 0 amide bonds. The highest BCUT2D eigenvalue weighted by molar-refractivity contribution is 6.14. The predicted octanol–water partition coefficient (Wildman–Crippen LogP) is 10.0. The first kappa shape index (κ1) is 24.6. The summed E-state index contributed by atoms with van der Waals surface area (Å²) < 4.78 is 4.65. The van der Waals surface area contributed by atoms with Crippen LogP contribution in [0.2, 0.25) is 0 Å². The zero-order valence-electron chi connectivity index (χ0n) is 23.8. The minimum absolute atomic E-state index is 0.896. The summed E-state index contributed by atoms with van der Waals surface area (Å²) in [6, 6.07) is 53.6. The monoisotopic (exact) mass is 562 g/mol. The predicted molar refractivity (Wildman–Crippen MR) is 182 cm³/mol. The van der Waals surface area contributed by atoms with Crippen LogP contribution in [0, 0.1) is 0 Å². The molecule has 4 heterocycles. The highest BCUT2D eigenvalue weighted by Gasteiger charge is 2.21. The van der Waals surface area contributed by atoms with E-state index in [0.29, 0.717) is 0 Å². The summed E-state index contributed by atoms with van der Waals surface area (Å²) in [5.41, 5.74) is 13.9. The minimum atomic E-state index is 0.896. The summed E-state index contributed by atoms with van der Waals surface area (Å²) in [6.45, 7) is 0. The lowest BCUT2D eigenvalue weighted by Crippen LogP contribution is -1.97. The summed E-state index contributed by atoms with van der Waals surface area (Å²) in [5, 5.41) is 1.13. The first-order chi connectivity index (χ1) is 21.8. The zero-order valence-corrected chi connectivity index (χ0v) is 23.8. The van der Waals surface area contributed by atoms with Crippen molar-refractivity contribution in [3.8, 4) is 33.6 Å². The van der Waals surface area contributed by atoms with Crippen molar-refractivity contribution in [1.82, 2.24) is 19.1 Å². The van der Waals surface area contributed by atoms with Gasteiger partial charge < -0.3 is 9.13 Å². The van der Waals surface area contributed by atoms with Crippen molar-refractivity contribution < 1.29 is 0 Å². The number of aromatic nitrogens is 4. The molecule has 0 aliphatic carbocycles. The SMILES string of the molecule is c1ccc(-c2cc(-c3ccccc3)cc(-n3c4cccnc4c4nc5c6ccccc6n(-c6ccccc6)c5cc43)c2)cc1. The number of rotatable bonds is 4. The molecule has 0 fully saturated rings. The Morgan fingerprint density at radius 2 is 0.932 bits per heavy atom. The van der Waals surface area contributed by atoms with E-state index in [9.17, 15) is 0 Å². The van der Waals surface area contributed by atoms with Crippen LogP contribution in [-0.2, 0) is 0 Å². The Kier molecular flexibility index (Phi) is 5.47. The summed E-state index contributed by atoms with van der Waals surface area (Å²) in [6.07, 6.45) is 1.86. The van der Waals surface area contributed by atoms with Crippen molar-refractivity contribution in [2.24, 2.45) is 0 Å². The van der Waals surface area contributed by atoms with E-state index in [0.717, 1.165) is 66.5 Å². The largest absolute Gasteiger partial charge is 0.308 e. The number of hydrogen-bond donors (Lipinski definition) is 0. The molecule has 0 spiro atoms. The van der Waals surface area contributed by atoms with E-state index in [4.69, 9.17) is 9.97 Å². The Balaban J connectivity index is 1.41. The Bertz CT molecular complexity index is 2420. The molecule has 0 N–H and O–H groups in total. The molecule has 0 unspecified atom stereocenters. The van der Waals surface area contributed by atoms with Gasteiger partial charge in [-0.05, 0) is 76.9 Å². The normalized spacial score (nSPS) is 11.6.